The predicted molar refractivity (Wildman–Crippen MR) is 122 cm³/mol. The van der Waals surface area contributed by atoms with E-state index >= 15 is 0 Å². The molecule has 1 aliphatic rings. The molecule has 0 spiro atoms. The van der Waals surface area contributed by atoms with Crippen LogP contribution in [0.25, 0.3) is 11.4 Å². The van der Waals surface area contributed by atoms with Crippen LogP contribution in [0.5, 0.6) is 5.75 Å². The number of benzene rings is 2. The number of hydrogen-bond donors (Lipinski definition) is 1. The number of nitrogens with zero attached hydrogens (tertiary/aromatic N) is 3. The third kappa shape index (κ3) is 5.95. The molecule has 1 atom stereocenters. The van der Waals surface area contributed by atoms with Gasteiger partial charge in [0.05, 0.1) is 18.6 Å². The molecule has 4 rings (SSSR count). The van der Waals surface area contributed by atoms with E-state index in [0.717, 1.165) is 36.3 Å². The van der Waals surface area contributed by atoms with Gasteiger partial charge >= 0.3 is 0 Å². The van der Waals surface area contributed by atoms with E-state index in [1.807, 2.05) is 68.4 Å². The summed E-state index contributed by atoms with van der Waals surface area (Å²) >= 11 is 0. The zero-order valence-corrected chi connectivity index (χ0v) is 18.7. The van der Waals surface area contributed by atoms with E-state index in [0.29, 0.717) is 31.3 Å². The molecule has 0 bridgehead atoms. The molecule has 2 aromatic carbocycles. The first-order valence-electron chi connectivity index (χ1n) is 11.2. The van der Waals surface area contributed by atoms with Gasteiger partial charge in [0.1, 0.15) is 5.75 Å². The van der Waals surface area contributed by atoms with Crippen molar-refractivity contribution in [1.29, 1.82) is 0 Å². The summed E-state index contributed by atoms with van der Waals surface area (Å²) < 4.78 is 11.1. The number of hydrogen-bond acceptors (Lipinski definition) is 6. The van der Waals surface area contributed by atoms with E-state index in [9.17, 15) is 4.79 Å². The van der Waals surface area contributed by atoms with Crippen LogP contribution in [0.2, 0.25) is 0 Å². The molecule has 1 unspecified atom stereocenters. The zero-order valence-electron chi connectivity index (χ0n) is 18.7. The average Bonchev–Trinajstić information content (AvgIpc) is 3.27. The lowest BCUT2D eigenvalue weighted by Crippen LogP contribution is -2.42. The number of piperidine rings is 1. The molecule has 1 N–H and O–H groups in total. The highest BCUT2D eigenvalue weighted by Gasteiger charge is 2.26. The van der Waals surface area contributed by atoms with Crippen LogP contribution in [0.3, 0.4) is 0 Å². The highest BCUT2D eigenvalue weighted by molar-refractivity contribution is 5.79. The lowest BCUT2D eigenvalue weighted by molar-refractivity contribution is -0.127. The number of rotatable bonds is 8. The van der Waals surface area contributed by atoms with Crippen LogP contribution in [0, 0.1) is 5.92 Å². The van der Waals surface area contributed by atoms with Gasteiger partial charge in [-0.2, -0.15) is 4.98 Å². The van der Waals surface area contributed by atoms with Crippen molar-refractivity contribution in [3.63, 3.8) is 0 Å². The average molecular weight is 435 g/mol. The van der Waals surface area contributed by atoms with Gasteiger partial charge in [-0.3, -0.25) is 9.69 Å². The molecular formula is C25H30N4O3. The highest BCUT2D eigenvalue weighted by Crippen LogP contribution is 2.21. The van der Waals surface area contributed by atoms with Crippen molar-refractivity contribution < 1.29 is 14.1 Å². The third-order valence-electron chi connectivity index (χ3n) is 5.50. The van der Waals surface area contributed by atoms with Crippen LogP contribution in [-0.4, -0.2) is 40.1 Å². The highest BCUT2D eigenvalue weighted by atomic mass is 16.5. The molecule has 7 nitrogen and oxygen atoms in total. The summed E-state index contributed by atoms with van der Waals surface area (Å²) in [5, 5.41) is 7.17. The Hall–Kier alpha value is -3.19. The molecule has 1 aromatic heterocycles. The van der Waals surface area contributed by atoms with Gasteiger partial charge in [-0.05, 0) is 50.9 Å². The zero-order chi connectivity index (χ0) is 22.3. The number of carbonyl (C=O) groups is 1. The van der Waals surface area contributed by atoms with Crippen LogP contribution in [0.1, 0.15) is 38.1 Å². The van der Waals surface area contributed by atoms with E-state index in [1.54, 1.807) is 0 Å². The molecular weight excluding hydrogens is 404 g/mol. The van der Waals surface area contributed by atoms with Gasteiger partial charge in [0.25, 0.3) is 0 Å². The maximum absolute atomic E-state index is 12.8. The van der Waals surface area contributed by atoms with Gasteiger partial charge in [0.15, 0.2) is 0 Å². The maximum Gasteiger partial charge on any atom is 0.241 e. The Morgan fingerprint density at radius 1 is 1.19 bits per heavy atom. The predicted octanol–water partition coefficient (Wildman–Crippen LogP) is 4.05. The van der Waals surface area contributed by atoms with Gasteiger partial charge in [-0.25, -0.2) is 0 Å². The summed E-state index contributed by atoms with van der Waals surface area (Å²) in [5.41, 5.74) is 1.99. The van der Waals surface area contributed by atoms with Gasteiger partial charge in [0, 0.05) is 18.7 Å². The fourth-order valence-corrected chi connectivity index (χ4v) is 3.92. The van der Waals surface area contributed by atoms with E-state index in [4.69, 9.17) is 9.26 Å². The smallest absolute Gasteiger partial charge is 0.241 e. The fourth-order valence-electron chi connectivity index (χ4n) is 3.92. The molecule has 0 radical (unpaired) electrons. The van der Waals surface area contributed by atoms with Crippen molar-refractivity contribution in [2.24, 2.45) is 5.92 Å². The van der Waals surface area contributed by atoms with Gasteiger partial charge in [0.2, 0.25) is 17.6 Å². The lowest BCUT2D eigenvalue weighted by Gasteiger charge is -2.30. The van der Waals surface area contributed by atoms with Crippen molar-refractivity contribution in [2.75, 3.05) is 13.1 Å². The number of aromatic nitrogens is 2. The second-order valence-corrected chi connectivity index (χ2v) is 8.48. The molecule has 7 heteroatoms. The summed E-state index contributed by atoms with van der Waals surface area (Å²) in [7, 11) is 0. The van der Waals surface area contributed by atoms with Crippen LogP contribution in [0.15, 0.2) is 59.1 Å². The molecule has 3 aromatic rings. The minimum Gasteiger partial charge on any atom is -0.491 e. The number of likely N-dealkylation sites (tertiary alicyclic amines) is 1. The molecule has 1 amide bonds. The third-order valence-corrected chi connectivity index (χ3v) is 5.50. The number of nitrogens with one attached hydrogen (secondary N) is 1. The Labute approximate surface area is 188 Å². The minimum absolute atomic E-state index is 0.0381. The van der Waals surface area contributed by atoms with E-state index in [2.05, 4.69) is 20.4 Å². The molecule has 0 saturated carbocycles. The molecule has 0 aliphatic carbocycles. The summed E-state index contributed by atoms with van der Waals surface area (Å²) in [5.74, 6) is 2.07. The van der Waals surface area contributed by atoms with Crippen LogP contribution in [0.4, 0.5) is 0 Å². The lowest BCUT2D eigenvalue weighted by atomic mass is 9.97. The quantitative estimate of drug-likeness (QED) is 0.576. The largest absolute Gasteiger partial charge is 0.491 e. The van der Waals surface area contributed by atoms with Crippen LogP contribution in [-0.2, 0) is 17.9 Å². The molecule has 1 saturated heterocycles. The number of amides is 1. The monoisotopic (exact) mass is 434 g/mol. The van der Waals surface area contributed by atoms with Crippen molar-refractivity contribution in [2.45, 2.75) is 45.9 Å². The Balaban J connectivity index is 1.27. The van der Waals surface area contributed by atoms with E-state index < -0.39 is 0 Å². The first-order chi connectivity index (χ1) is 15.6. The molecule has 1 fully saturated rings. The van der Waals surface area contributed by atoms with Crippen molar-refractivity contribution in [1.82, 2.24) is 20.4 Å². The first kappa shape index (κ1) is 22.0. The van der Waals surface area contributed by atoms with Gasteiger partial charge < -0.3 is 14.6 Å². The van der Waals surface area contributed by atoms with Crippen LogP contribution < -0.4 is 10.1 Å². The summed E-state index contributed by atoms with van der Waals surface area (Å²) in [4.78, 5) is 19.5. The molecule has 1 aliphatic heterocycles. The maximum atomic E-state index is 12.8. The Morgan fingerprint density at radius 3 is 2.72 bits per heavy atom. The van der Waals surface area contributed by atoms with Gasteiger partial charge in [-0.15, -0.1) is 0 Å². The molecule has 32 heavy (non-hydrogen) atoms. The first-order valence-corrected chi connectivity index (χ1v) is 11.2. The fraction of sp³-hybridized carbons (Fsp3) is 0.400. The normalized spacial score (nSPS) is 16.8. The summed E-state index contributed by atoms with van der Waals surface area (Å²) in [6, 6.07) is 17.6. The molecule has 2 heterocycles. The standard InChI is InChI=1S/C25H30N4O3/c1-18(2)31-22-12-10-19(11-13-22)15-26-25(30)21-9-6-14-29(16-21)17-23-27-24(28-32-23)20-7-4-3-5-8-20/h3-5,7-8,10-13,18,21H,6,9,14-17H2,1-2H3,(H,26,30). The summed E-state index contributed by atoms with van der Waals surface area (Å²) in [6.07, 6.45) is 2.01. The Morgan fingerprint density at radius 2 is 1.97 bits per heavy atom. The van der Waals surface area contributed by atoms with Crippen molar-refractivity contribution >= 4 is 5.91 Å². The van der Waals surface area contributed by atoms with Crippen molar-refractivity contribution in [3.8, 4) is 17.1 Å². The SMILES string of the molecule is CC(C)Oc1ccc(CNC(=O)C2CCCN(Cc3nc(-c4ccccc4)no3)C2)cc1. The van der Waals surface area contributed by atoms with Crippen molar-refractivity contribution in [3.05, 3.63) is 66.1 Å². The Kier molecular flexibility index (Phi) is 7.17. The molecule has 168 valence electrons. The second kappa shape index (κ2) is 10.4. The topological polar surface area (TPSA) is 80.5 Å². The van der Waals surface area contributed by atoms with E-state index in [1.165, 1.54) is 0 Å². The minimum atomic E-state index is -0.0381. The number of carbonyl (C=O) groups excluding carboxylic acids is 1. The van der Waals surface area contributed by atoms with Crippen LogP contribution >= 0.6 is 0 Å². The Bertz CT molecular complexity index is 1000. The number of ether oxygens (including phenoxy) is 1. The van der Waals surface area contributed by atoms with Gasteiger partial charge in [-0.1, -0.05) is 47.6 Å². The second-order valence-electron chi connectivity index (χ2n) is 8.48. The van der Waals surface area contributed by atoms with E-state index in [-0.39, 0.29) is 17.9 Å². The summed E-state index contributed by atoms with van der Waals surface area (Å²) in [6.45, 7) is 6.69.